The number of hydrogen-bond donors (Lipinski definition) is 1. The van der Waals surface area contributed by atoms with Gasteiger partial charge in [-0.1, -0.05) is 12.8 Å². The van der Waals surface area contributed by atoms with Crippen LogP contribution >= 0.6 is 0 Å². The molecule has 0 amide bonds. The van der Waals surface area contributed by atoms with Gasteiger partial charge < -0.3 is 9.84 Å². The van der Waals surface area contributed by atoms with E-state index in [1.54, 1.807) is 0 Å². The molecule has 0 spiro atoms. The zero-order valence-corrected chi connectivity index (χ0v) is 8.32. The Kier molecular flexibility index (Phi) is 3.72. The molecule has 0 heterocycles. The van der Waals surface area contributed by atoms with Crippen molar-refractivity contribution in [2.24, 2.45) is 5.92 Å². The van der Waals surface area contributed by atoms with E-state index in [9.17, 15) is 4.79 Å². The van der Waals surface area contributed by atoms with Crippen molar-refractivity contribution in [3.63, 3.8) is 0 Å². The molecule has 1 atom stereocenters. The van der Waals surface area contributed by atoms with Gasteiger partial charge in [-0.05, 0) is 32.6 Å². The molecule has 0 aromatic carbocycles. The first-order chi connectivity index (χ1) is 6.11. The standard InChI is InChI=1S/C10H18O3/c1-7(2)13-9(10(11)12)8-5-3-4-6-8/h7-9H,3-6H2,1-2H3,(H,11,12)/t9-/m0/s1. The Morgan fingerprint density at radius 2 is 1.92 bits per heavy atom. The third-order valence-electron chi connectivity index (χ3n) is 2.49. The Labute approximate surface area is 79.1 Å². The number of aliphatic carboxylic acids is 1. The van der Waals surface area contributed by atoms with Gasteiger partial charge in [0.05, 0.1) is 6.10 Å². The van der Waals surface area contributed by atoms with E-state index in [2.05, 4.69) is 0 Å². The number of ether oxygens (including phenoxy) is 1. The highest BCUT2D eigenvalue weighted by molar-refractivity contribution is 5.72. The van der Waals surface area contributed by atoms with Crippen LogP contribution in [-0.4, -0.2) is 23.3 Å². The zero-order chi connectivity index (χ0) is 9.84. The van der Waals surface area contributed by atoms with Gasteiger partial charge in [-0.3, -0.25) is 0 Å². The summed E-state index contributed by atoms with van der Waals surface area (Å²) in [5.74, 6) is -0.569. The van der Waals surface area contributed by atoms with Crippen LogP contribution in [0.25, 0.3) is 0 Å². The molecule has 1 N–H and O–H groups in total. The Morgan fingerprint density at radius 3 is 2.31 bits per heavy atom. The van der Waals surface area contributed by atoms with Gasteiger partial charge in [0.25, 0.3) is 0 Å². The summed E-state index contributed by atoms with van der Waals surface area (Å²) in [5, 5.41) is 8.96. The number of carboxylic acids is 1. The summed E-state index contributed by atoms with van der Waals surface area (Å²) >= 11 is 0. The van der Waals surface area contributed by atoms with Crippen LogP contribution in [0.15, 0.2) is 0 Å². The topological polar surface area (TPSA) is 46.5 Å². The average Bonchev–Trinajstić information content (AvgIpc) is 2.50. The molecule has 1 saturated carbocycles. The Hall–Kier alpha value is -0.570. The van der Waals surface area contributed by atoms with Crippen molar-refractivity contribution in [1.82, 2.24) is 0 Å². The van der Waals surface area contributed by atoms with Gasteiger partial charge in [0.2, 0.25) is 0 Å². The monoisotopic (exact) mass is 186 g/mol. The molecule has 3 heteroatoms. The van der Waals surface area contributed by atoms with Gasteiger partial charge in [0.1, 0.15) is 0 Å². The van der Waals surface area contributed by atoms with E-state index >= 15 is 0 Å². The van der Waals surface area contributed by atoms with Gasteiger partial charge in [0, 0.05) is 0 Å². The molecule has 1 fully saturated rings. The third-order valence-corrected chi connectivity index (χ3v) is 2.49. The molecule has 0 aromatic heterocycles. The van der Waals surface area contributed by atoms with Crippen molar-refractivity contribution >= 4 is 5.97 Å². The third kappa shape index (κ3) is 2.99. The maximum atomic E-state index is 10.9. The molecule has 0 radical (unpaired) electrons. The SMILES string of the molecule is CC(C)O[C@H](C(=O)O)C1CCCC1. The van der Waals surface area contributed by atoms with Crippen LogP contribution in [0, 0.1) is 5.92 Å². The molecule has 1 aliphatic rings. The molecular formula is C10H18O3. The van der Waals surface area contributed by atoms with E-state index in [1.165, 1.54) is 0 Å². The van der Waals surface area contributed by atoms with E-state index in [1.807, 2.05) is 13.8 Å². The first-order valence-corrected chi connectivity index (χ1v) is 4.99. The van der Waals surface area contributed by atoms with Crippen LogP contribution in [0.3, 0.4) is 0 Å². The van der Waals surface area contributed by atoms with Crippen LogP contribution < -0.4 is 0 Å². The van der Waals surface area contributed by atoms with E-state index in [-0.39, 0.29) is 12.0 Å². The van der Waals surface area contributed by atoms with E-state index < -0.39 is 12.1 Å². The summed E-state index contributed by atoms with van der Waals surface area (Å²) in [6.45, 7) is 3.76. The van der Waals surface area contributed by atoms with Gasteiger partial charge in [-0.2, -0.15) is 0 Å². The first kappa shape index (κ1) is 10.5. The number of hydrogen-bond acceptors (Lipinski definition) is 2. The van der Waals surface area contributed by atoms with Crippen molar-refractivity contribution in [3.8, 4) is 0 Å². The Bertz CT molecular complexity index is 171. The Morgan fingerprint density at radius 1 is 1.38 bits per heavy atom. The highest BCUT2D eigenvalue weighted by Crippen LogP contribution is 2.29. The molecule has 3 nitrogen and oxygen atoms in total. The van der Waals surface area contributed by atoms with Crippen molar-refractivity contribution in [2.75, 3.05) is 0 Å². The summed E-state index contributed by atoms with van der Waals surface area (Å²) < 4.78 is 5.40. The van der Waals surface area contributed by atoms with Gasteiger partial charge in [-0.25, -0.2) is 4.79 Å². The minimum absolute atomic E-state index is 0.00157. The minimum atomic E-state index is -0.805. The summed E-state index contributed by atoms with van der Waals surface area (Å²) in [5.41, 5.74) is 0. The van der Waals surface area contributed by atoms with Gasteiger partial charge in [0.15, 0.2) is 6.10 Å². The maximum Gasteiger partial charge on any atom is 0.333 e. The molecular weight excluding hydrogens is 168 g/mol. The van der Waals surface area contributed by atoms with Crippen molar-refractivity contribution in [2.45, 2.75) is 51.7 Å². The molecule has 0 aromatic rings. The number of carbonyl (C=O) groups is 1. The molecule has 0 aliphatic heterocycles. The summed E-state index contributed by atoms with van der Waals surface area (Å²) in [4.78, 5) is 10.9. The van der Waals surface area contributed by atoms with E-state index in [0.29, 0.717) is 0 Å². The molecule has 0 bridgehead atoms. The smallest absolute Gasteiger partial charge is 0.333 e. The predicted octanol–water partition coefficient (Wildman–Crippen LogP) is 2.05. The lowest BCUT2D eigenvalue weighted by atomic mass is 10.0. The zero-order valence-electron chi connectivity index (χ0n) is 8.32. The lowest BCUT2D eigenvalue weighted by Gasteiger charge is -2.21. The maximum absolute atomic E-state index is 10.9. The Balaban J connectivity index is 2.50. The highest BCUT2D eigenvalue weighted by Gasteiger charge is 2.31. The number of carboxylic acid groups (broad SMARTS) is 1. The fourth-order valence-electron chi connectivity index (χ4n) is 1.92. The van der Waals surface area contributed by atoms with Crippen molar-refractivity contribution < 1.29 is 14.6 Å². The molecule has 1 rings (SSSR count). The largest absolute Gasteiger partial charge is 0.479 e. The van der Waals surface area contributed by atoms with Crippen LogP contribution in [0.5, 0.6) is 0 Å². The highest BCUT2D eigenvalue weighted by atomic mass is 16.5. The lowest BCUT2D eigenvalue weighted by Crippen LogP contribution is -2.33. The molecule has 13 heavy (non-hydrogen) atoms. The van der Waals surface area contributed by atoms with Crippen LogP contribution in [0.4, 0.5) is 0 Å². The van der Waals surface area contributed by atoms with E-state index in [4.69, 9.17) is 9.84 Å². The molecule has 0 unspecified atom stereocenters. The predicted molar refractivity (Wildman–Crippen MR) is 49.6 cm³/mol. The van der Waals surface area contributed by atoms with Crippen LogP contribution in [0.1, 0.15) is 39.5 Å². The number of rotatable bonds is 4. The molecule has 1 aliphatic carbocycles. The second-order valence-electron chi connectivity index (χ2n) is 3.99. The van der Waals surface area contributed by atoms with E-state index in [0.717, 1.165) is 25.7 Å². The van der Waals surface area contributed by atoms with Crippen LogP contribution in [-0.2, 0) is 9.53 Å². The quantitative estimate of drug-likeness (QED) is 0.731. The van der Waals surface area contributed by atoms with Gasteiger partial charge in [-0.15, -0.1) is 0 Å². The summed E-state index contributed by atoms with van der Waals surface area (Å²) in [6, 6.07) is 0. The normalized spacial score (nSPS) is 20.8. The van der Waals surface area contributed by atoms with Gasteiger partial charge >= 0.3 is 5.97 Å². The first-order valence-electron chi connectivity index (χ1n) is 4.99. The molecule has 76 valence electrons. The molecule has 0 saturated heterocycles. The minimum Gasteiger partial charge on any atom is -0.479 e. The summed E-state index contributed by atoms with van der Waals surface area (Å²) in [7, 11) is 0. The lowest BCUT2D eigenvalue weighted by molar-refractivity contribution is -0.157. The fourth-order valence-corrected chi connectivity index (χ4v) is 1.92. The van der Waals surface area contributed by atoms with Crippen molar-refractivity contribution in [1.29, 1.82) is 0 Å². The van der Waals surface area contributed by atoms with Crippen LogP contribution in [0.2, 0.25) is 0 Å². The second kappa shape index (κ2) is 4.61. The summed E-state index contributed by atoms with van der Waals surface area (Å²) in [6.07, 6.45) is 3.73. The van der Waals surface area contributed by atoms with Crippen molar-refractivity contribution in [3.05, 3.63) is 0 Å². The fraction of sp³-hybridized carbons (Fsp3) is 0.900. The average molecular weight is 186 g/mol. The second-order valence-corrected chi connectivity index (χ2v) is 3.99.